The minimum Gasteiger partial charge on any atom is -0.351 e. The zero-order valence-corrected chi connectivity index (χ0v) is 12.8. The summed E-state index contributed by atoms with van der Waals surface area (Å²) >= 11 is 3.52. The highest BCUT2D eigenvalue weighted by atomic mass is 79.9. The fourth-order valence-corrected chi connectivity index (χ4v) is 3.45. The molecule has 2 rings (SSSR count). The van der Waals surface area contributed by atoms with Crippen molar-refractivity contribution in [2.45, 2.75) is 32.1 Å². The Morgan fingerprint density at radius 3 is 2.60 bits per heavy atom. The number of rotatable bonds is 4. The first-order valence-electron chi connectivity index (χ1n) is 6.86. The maximum atomic E-state index is 13.5. The van der Waals surface area contributed by atoms with Crippen molar-refractivity contribution in [3.63, 3.8) is 0 Å². The number of amides is 1. The maximum Gasteiger partial charge on any atom is 0.254 e. The molecular weight excluding hydrogens is 328 g/mol. The van der Waals surface area contributed by atoms with Crippen LogP contribution in [0.4, 0.5) is 8.78 Å². The third-order valence-electron chi connectivity index (χ3n) is 3.99. The second kappa shape index (κ2) is 6.66. The molecule has 110 valence electrons. The highest BCUT2D eigenvalue weighted by Gasteiger charge is 2.31. The summed E-state index contributed by atoms with van der Waals surface area (Å²) in [5.74, 6) is -1.85. The molecule has 0 aliphatic heterocycles. The van der Waals surface area contributed by atoms with Crippen molar-refractivity contribution in [3.05, 3.63) is 35.4 Å². The van der Waals surface area contributed by atoms with Crippen LogP contribution in [0, 0.1) is 17.0 Å². The third-order valence-corrected chi connectivity index (χ3v) is 5.18. The summed E-state index contributed by atoms with van der Waals surface area (Å²) in [6, 6.07) is 2.92. The van der Waals surface area contributed by atoms with Crippen molar-refractivity contribution >= 4 is 21.8 Å². The van der Waals surface area contributed by atoms with E-state index in [0.717, 1.165) is 49.2 Å². The van der Waals surface area contributed by atoms with E-state index in [1.54, 1.807) is 0 Å². The average Bonchev–Trinajstić information content (AvgIpc) is 2.48. The molecule has 1 aromatic carbocycles. The highest BCUT2D eigenvalue weighted by Crippen LogP contribution is 2.37. The summed E-state index contributed by atoms with van der Waals surface area (Å²) in [6.45, 7) is 0.493. The molecule has 0 radical (unpaired) electrons. The molecule has 20 heavy (non-hydrogen) atoms. The lowest BCUT2D eigenvalue weighted by Crippen LogP contribution is -2.40. The number of alkyl halides is 1. The minimum atomic E-state index is -0.694. The van der Waals surface area contributed by atoms with Crippen molar-refractivity contribution in [1.29, 1.82) is 0 Å². The van der Waals surface area contributed by atoms with Crippen molar-refractivity contribution in [1.82, 2.24) is 5.32 Å². The molecule has 0 atom stereocenters. The molecule has 0 unspecified atom stereocenters. The normalized spacial score (nSPS) is 17.8. The van der Waals surface area contributed by atoms with E-state index in [0.29, 0.717) is 6.54 Å². The molecule has 0 bridgehead atoms. The molecule has 1 aromatic rings. The second-order valence-electron chi connectivity index (χ2n) is 5.50. The first kappa shape index (κ1) is 15.4. The van der Waals surface area contributed by atoms with Gasteiger partial charge in [-0.05, 0) is 36.5 Å². The van der Waals surface area contributed by atoms with Crippen LogP contribution in [0.1, 0.15) is 42.5 Å². The SMILES string of the molecule is O=C(NCC1(CBr)CCCCC1)c1cc(F)ccc1F. The molecular formula is C15H18BrF2NO. The third kappa shape index (κ3) is 3.57. The summed E-state index contributed by atoms with van der Waals surface area (Å²) in [4.78, 5) is 12.0. The van der Waals surface area contributed by atoms with Crippen molar-refractivity contribution in [2.24, 2.45) is 5.41 Å². The lowest BCUT2D eigenvalue weighted by molar-refractivity contribution is 0.0917. The van der Waals surface area contributed by atoms with Gasteiger partial charge in [-0.2, -0.15) is 0 Å². The fraction of sp³-hybridized carbons (Fsp3) is 0.533. The van der Waals surface area contributed by atoms with E-state index >= 15 is 0 Å². The highest BCUT2D eigenvalue weighted by molar-refractivity contribution is 9.09. The van der Waals surface area contributed by atoms with Gasteiger partial charge >= 0.3 is 0 Å². The van der Waals surface area contributed by atoms with Gasteiger partial charge in [0.25, 0.3) is 5.91 Å². The first-order valence-corrected chi connectivity index (χ1v) is 7.98. The average molecular weight is 346 g/mol. The number of halogens is 3. The molecule has 0 aromatic heterocycles. The Morgan fingerprint density at radius 1 is 1.25 bits per heavy atom. The van der Waals surface area contributed by atoms with E-state index in [9.17, 15) is 13.6 Å². The molecule has 1 aliphatic rings. The van der Waals surface area contributed by atoms with Crippen molar-refractivity contribution in [2.75, 3.05) is 11.9 Å². The van der Waals surface area contributed by atoms with E-state index in [2.05, 4.69) is 21.2 Å². The molecule has 0 spiro atoms. The second-order valence-corrected chi connectivity index (χ2v) is 6.06. The summed E-state index contributed by atoms with van der Waals surface area (Å²) in [6.07, 6.45) is 5.61. The summed E-state index contributed by atoms with van der Waals surface area (Å²) < 4.78 is 26.6. The van der Waals surface area contributed by atoms with Crippen LogP contribution in [-0.2, 0) is 0 Å². The number of carbonyl (C=O) groups excluding carboxylic acids is 1. The molecule has 2 nitrogen and oxygen atoms in total. The number of nitrogens with one attached hydrogen (secondary N) is 1. The minimum absolute atomic E-state index is 0.0394. The van der Waals surface area contributed by atoms with Gasteiger partial charge in [-0.15, -0.1) is 0 Å². The van der Waals surface area contributed by atoms with Crippen LogP contribution < -0.4 is 5.32 Å². The van der Waals surface area contributed by atoms with E-state index in [4.69, 9.17) is 0 Å². The number of carbonyl (C=O) groups is 1. The van der Waals surface area contributed by atoms with Crippen LogP contribution >= 0.6 is 15.9 Å². The number of hydrogen-bond acceptors (Lipinski definition) is 1. The Kier molecular flexibility index (Phi) is 5.13. The molecule has 5 heteroatoms. The smallest absolute Gasteiger partial charge is 0.254 e. The Morgan fingerprint density at radius 2 is 1.95 bits per heavy atom. The summed E-state index contributed by atoms with van der Waals surface area (Å²) in [5, 5.41) is 3.56. The van der Waals surface area contributed by atoms with E-state index in [1.807, 2.05) is 0 Å². The van der Waals surface area contributed by atoms with Gasteiger partial charge in [0.05, 0.1) is 5.56 Å². The molecule has 0 heterocycles. The zero-order chi connectivity index (χ0) is 14.6. The van der Waals surface area contributed by atoms with Crippen molar-refractivity contribution < 1.29 is 13.6 Å². The van der Waals surface area contributed by atoms with Crippen LogP contribution in [0.3, 0.4) is 0 Å². The molecule has 1 fully saturated rings. The lowest BCUT2D eigenvalue weighted by Gasteiger charge is -2.35. The van der Waals surface area contributed by atoms with Crippen LogP contribution in [-0.4, -0.2) is 17.8 Å². The van der Waals surface area contributed by atoms with Crippen LogP contribution in [0.2, 0.25) is 0 Å². The molecule has 0 saturated heterocycles. The van der Waals surface area contributed by atoms with Gasteiger partial charge in [0.15, 0.2) is 0 Å². The van der Waals surface area contributed by atoms with Gasteiger partial charge in [0.2, 0.25) is 0 Å². The summed E-state index contributed by atoms with van der Waals surface area (Å²) in [5.41, 5.74) is -0.192. The maximum absolute atomic E-state index is 13.5. The van der Waals surface area contributed by atoms with E-state index in [1.165, 1.54) is 6.42 Å². The fourth-order valence-electron chi connectivity index (χ4n) is 2.69. The van der Waals surface area contributed by atoms with E-state index in [-0.39, 0.29) is 11.0 Å². The van der Waals surface area contributed by atoms with E-state index < -0.39 is 17.5 Å². The van der Waals surface area contributed by atoms with Crippen molar-refractivity contribution in [3.8, 4) is 0 Å². The lowest BCUT2D eigenvalue weighted by atomic mass is 9.75. The monoisotopic (exact) mass is 345 g/mol. The standard InChI is InChI=1S/C15H18BrF2NO/c16-9-15(6-2-1-3-7-15)10-19-14(20)12-8-11(17)4-5-13(12)18/h4-5,8H,1-3,6-7,9-10H2,(H,19,20). The van der Waals surface area contributed by atoms with Crippen LogP contribution in [0.15, 0.2) is 18.2 Å². The molecule has 1 aliphatic carbocycles. The molecule has 1 saturated carbocycles. The Bertz CT molecular complexity index is 487. The van der Waals surface area contributed by atoms with Gasteiger partial charge < -0.3 is 5.32 Å². The Balaban J connectivity index is 2.02. The topological polar surface area (TPSA) is 29.1 Å². The largest absolute Gasteiger partial charge is 0.351 e. The van der Waals surface area contributed by atoms with Crippen LogP contribution in [0.5, 0.6) is 0 Å². The van der Waals surface area contributed by atoms with Gasteiger partial charge in [-0.25, -0.2) is 8.78 Å². The predicted molar refractivity (Wildman–Crippen MR) is 78.0 cm³/mol. The van der Waals surface area contributed by atoms with Gasteiger partial charge in [0, 0.05) is 11.9 Å². The predicted octanol–water partition coefficient (Wildman–Crippen LogP) is 4.04. The zero-order valence-electron chi connectivity index (χ0n) is 11.2. The number of benzene rings is 1. The van der Waals surface area contributed by atoms with Gasteiger partial charge in [-0.3, -0.25) is 4.79 Å². The first-order chi connectivity index (χ1) is 9.56. The Labute approximate surface area is 126 Å². The molecule has 1 amide bonds. The van der Waals surface area contributed by atoms with Gasteiger partial charge in [-0.1, -0.05) is 35.2 Å². The Hall–Kier alpha value is -0.970. The number of hydrogen-bond donors (Lipinski definition) is 1. The molecule has 1 N–H and O–H groups in total. The summed E-state index contributed by atoms with van der Waals surface area (Å²) in [7, 11) is 0. The quantitative estimate of drug-likeness (QED) is 0.819. The van der Waals surface area contributed by atoms with Gasteiger partial charge in [0.1, 0.15) is 11.6 Å². The van der Waals surface area contributed by atoms with Crippen LogP contribution in [0.25, 0.3) is 0 Å².